The summed E-state index contributed by atoms with van der Waals surface area (Å²) in [7, 11) is 1.71. The molecule has 3 rings (SSSR count). The van der Waals surface area contributed by atoms with Crippen molar-refractivity contribution in [1.82, 2.24) is 9.55 Å². The second kappa shape index (κ2) is 7.54. The molecule has 2 aromatic carbocycles. The van der Waals surface area contributed by atoms with E-state index in [0.29, 0.717) is 0 Å². The van der Waals surface area contributed by atoms with Gasteiger partial charge < -0.3 is 9.30 Å². The summed E-state index contributed by atoms with van der Waals surface area (Å²) in [5.41, 5.74) is 4.59. The minimum Gasteiger partial charge on any atom is -0.496 e. The third-order valence-electron chi connectivity index (χ3n) is 4.21. The highest BCUT2D eigenvalue weighted by Gasteiger charge is 2.12. The monoisotopic (exact) mass is 340 g/mol. The number of aryl methyl sites for hydroxylation is 2. The zero-order chi connectivity index (χ0) is 16.9. The van der Waals surface area contributed by atoms with Gasteiger partial charge in [-0.2, -0.15) is 0 Å². The standard InChI is InChI=1S/C20H21ClN2O/c1-3-18-20(16-8-10-17(21)11-9-16)22-14-23(18)13-12-15-6-4-5-7-19(15)24-2/h4-11,14H,3,12-13H2,1-2H3. The minimum absolute atomic E-state index is 0.743. The van der Waals surface area contributed by atoms with E-state index >= 15 is 0 Å². The molecule has 0 aliphatic carbocycles. The molecular weight excluding hydrogens is 320 g/mol. The molecule has 24 heavy (non-hydrogen) atoms. The van der Waals surface area contributed by atoms with Crippen LogP contribution >= 0.6 is 11.6 Å². The average Bonchev–Trinajstić information content (AvgIpc) is 3.03. The predicted molar refractivity (Wildman–Crippen MR) is 98.7 cm³/mol. The van der Waals surface area contributed by atoms with Gasteiger partial charge in [0.25, 0.3) is 0 Å². The smallest absolute Gasteiger partial charge is 0.122 e. The van der Waals surface area contributed by atoms with E-state index in [0.717, 1.165) is 41.4 Å². The van der Waals surface area contributed by atoms with Gasteiger partial charge in [-0.05, 0) is 36.6 Å². The molecule has 0 amide bonds. The van der Waals surface area contributed by atoms with Gasteiger partial charge in [-0.3, -0.25) is 0 Å². The Kier molecular flexibility index (Phi) is 5.21. The Morgan fingerprint density at radius 2 is 1.83 bits per heavy atom. The lowest BCUT2D eigenvalue weighted by Crippen LogP contribution is -2.05. The molecule has 1 heterocycles. The summed E-state index contributed by atoms with van der Waals surface area (Å²) in [6.45, 7) is 3.04. The summed E-state index contributed by atoms with van der Waals surface area (Å²) in [4.78, 5) is 4.63. The quantitative estimate of drug-likeness (QED) is 0.630. The topological polar surface area (TPSA) is 27.1 Å². The van der Waals surface area contributed by atoms with Gasteiger partial charge in [0.2, 0.25) is 0 Å². The highest BCUT2D eigenvalue weighted by Crippen LogP contribution is 2.25. The van der Waals surface area contributed by atoms with E-state index in [-0.39, 0.29) is 0 Å². The lowest BCUT2D eigenvalue weighted by molar-refractivity contribution is 0.408. The van der Waals surface area contributed by atoms with Gasteiger partial charge in [-0.25, -0.2) is 4.98 Å². The Hall–Kier alpha value is -2.26. The lowest BCUT2D eigenvalue weighted by Gasteiger charge is -2.11. The van der Waals surface area contributed by atoms with Crippen LogP contribution in [0.25, 0.3) is 11.3 Å². The number of aromatic nitrogens is 2. The molecule has 3 aromatic rings. The first-order valence-corrected chi connectivity index (χ1v) is 8.52. The number of ether oxygens (including phenoxy) is 1. The summed E-state index contributed by atoms with van der Waals surface area (Å²) in [6, 6.07) is 16.0. The Balaban J connectivity index is 1.83. The number of hydrogen-bond donors (Lipinski definition) is 0. The van der Waals surface area contributed by atoms with E-state index in [1.807, 2.05) is 48.8 Å². The van der Waals surface area contributed by atoms with Crippen molar-refractivity contribution in [2.24, 2.45) is 0 Å². The van der Waals surface area contributed by atoms with Crippen LogP contribution in [-0.2, 0) is 19.4 Å². The van der Waals surface area contributed by atoms with Crippen LogP contribution < -0.4 is 4.74 Å². The molecule has 0 bridgehead atoms. The van der Waals surface area contributed by atoms with Crippen molar-refractivity contribution in [1.29, 1.82) is 0 Å². The molecule has 0 N–H and O–H groups in total. The Morgan fingerprint density at radius 1 is 1.08 bits per heavy atom. The molecule has 0 saturated carbocycles. The summed E-state index contributed by atoms with van der Waals surface area (Å²) < 4.78 is 7.67. The van der Waals surface area contributed by atoms with Gasteiger partial charge in [0.05, 0.1) is 19.1 Å². The maximum Gasteiger partial charge on any atom is 0.122 e. The van der Waals surface area contributed by atoms with Crippen molar-refractivity contribution in [3.8, 4) is 17.0 Å². The van der Waals surface area contributed by atoms with Gasteiger partial charge in [0.1, 0.15) is 5.75 Å². The summed E-state index contributed by atoms with van der Waals surface area (Å²) in [6.07, 6.45) is 3.77. The molecule has 0 aliphatic rings. The molecule has 1 aromatic heterocycles. The van der Waals surface area contributed by atoms with Gasteiger partial charge in [-0.1, -0.05) is 48.9 Å². The van der Waals surface area contributed by atoms with Crippen LogP contribution in [0.1, 0.15) is 18.2 Å². The van der Waals surface area contributed by atoms with E-state index in [9.17, 15) is 0 Å². The van der Waals surface area contributed by atoms with Crippen LogP contribution in [-0.4, -0.2) is 16.7 Å². The number of hydrogen-bond acceptors (Lipinski definition) is 2. The first kappa shape index (κ1) is 16.6. The normalized spacial score (nSPS) is 10.8. The molecule has 0 spiro atoms. The van der Waals surface area contributed by atoms with Gasteiger partial charge in [-0.15, -0.1) is 0 Å². The predicted octanol–water partition coefficient (Wildman–Crippen LogP) is 5.02. The first-order chi connectivity index (χ1) is 11.7. The minimum atomic E-state index is 0.743. The Morgan fingerprint density at radius 3 is 2.54 bits per heavy atom. The zero-order valence-corrected chi connectivity index (χ0v) is 14.8. The highest BCUT2D eigenvalue weighted by atomic mass is 35.5. The van der Waals surface area contributed by atoms with Crippen LogP contribution in [0.4, 0.5) is 0 Å². The van der Waals surface area contributed by atoms with Crippen molar-refractivity contribution in [3.05, 3.63) is 71.1 Å². The number of imidazole rings is 1. The van der Waals surface area contributed by atoms with Crippen LogP contribution in [0.15, 0.2) is 54.9 Å². The third-order valence-corrected chi connectivity index (χ3v) is 4.47. The van der Waals surface area contributed by atoms with Crippen molar-refractivity contribution in [2.45, 2.75) is 26.3 Å². The molecule has 0 saturated heterocycles. The Bertz CT molecular complexity index is 809. The van der Waals surface area contributed by atoms with Crippen LogP contribution in [0, 0.1) is 0 Å². The van der Waals surface area contributed by atoms with Gasteiger partial charge in [0, 0.05) is 22.8 Å². The molecule has 3 nitrogen and oxygen atoms in total. The second-order valence-electron chi connectivity index (χ2n) is 5.66. The van der Waals surface area contributed by atoms with Crippen molar-refractivity contribution in [3.63, 3.8) is 0 Å². The highest BCUT2D eigenvalue weighted by molar-refractivity contribution is 6.30. The molecule has 0 atom stereocenters. The zero-order valence-electron chi connectivity index (χ0n) is 14.0. The number of benzene rings is 2. The van der Waals surface area contributed by atoms with E-state index in [2.05, 4.69) is 22.5 Å². The summed E-state index contributed by atoms with van der Waals surface area (Å²) >= 11 is 5.99. The number of para-hydroxylation sites is 1. The van der Waals surface area contributed by atoms with E-state index in [1.54, 1.807) is 7.11 Å². The number of nitrogens with zero attached hydrogens (tertiary/aromatic N) is 2. The summed E-state index contributed by atoms with van der Waals surface area (Å²) in [5, 5.41) is 0.743. The van der Waals surface area contributed by atoms with E-state index < -0.39 is 0 Å². The summed E-state index contributed by atoms with van der Waals surface area (Å²) in [5.74, 6) is 0.939. The number of methoxy groups -OCH3 is 1. The maximum atomic E-state index is 5.99. The second-order valence-corrected chi connectivity index (χ2v) is 6.09. The number of rotatable bonds is 6. The molecule has 4 heteroatoms. The fourth-order valence-corrected chi connectivity index (χ4v) is 3.10. The van der Waals surface area contributed by atoms with Crippen LogP contribution in [0.2, 0.25) is 5.02 Å². The molecule has 124 valence electrons. The number of halogens is 1. The average molecular weight is 341 g/mol. The lowest BCUT2D eigenvalue weighted by atomic mass is 10.1. The molecule has 0 unspecified atom stereocenters. The van der Waals surface area contributed by atoms with Gasteiger partial charge in [0.15, 0.2) is 0 Å². The third kappa shape index (κ3) is 3.46. The fourth-order valence-electron chi connectivity index (χ4n) is 2.97. The van der Waals surface area contributed by atoms with Crippen LogP contribution in [0.5, 0.6) is 5.75 Å². The van der Waals surface area contributed by atoms with E-state index in [4.69, 9.17) is 16.3 Å². The molecule has 0 radical (unpaired) electrons. The molecular formula is C20H21ClN2O. The van der Waals surface area contributed by atoms with Crippen molar-refractivity contribution in [2.75, 3.05) is 7.11 Å². The maximum absolute atomic E-state index is 5.99. The van der Waals surface area contributed by atoms with Crippen molar-refractivity contribution >= 4 is 11.6 Å². The van der Waals surface area contributed by atoms with Gasteiger partial charge >= 0.3 is 0 Å². The Labute approximate surface area is 147 Å². The largest absolute Gasteiger partial charge is 0.496 e. The first-order valence-electron chi connectivity index (χ1n) is 8.14. The van der Waals surface area contributed by atoms with E-state index in [1.165, 1.54) is 11.3 Å². The van der Waals surface area contributed by atoms with Crippen LogP contribution in [0.3, 0.4) is 0 Å². The van der Waals surface area contributed by atoms with Crippen molar-refractivity contribution < 1.29 is 4.74 Å². The molecule has 0 fully saturated rings. The SMILES string of the molecule is CCc1c(-c2ccc(Cl)cc2)ncn1CCc1ccccc1OC. The fraction of sp³-hybridized carbons (Fsp3) is 0.250. The molecule has 0 aliphatic heterocycles.